The quantitative estimate of drug-likeness (QED) is 0.233. The second-order valence-corrected chi connectivity index (χ2v) is 6.91. The van der Waals surface area contributed by atoms with Crippen LogP contribution in [0.5, 0.6) is 0 Å². The molecule has 0 saturated carbocycles. The second kappa shape index (κ2) is 9.19. The standard InChI is InChI=1S/C18H21NO6S/c1-6-7-8-11-18(3,17(21)25-5)26-14-10-9-13(16(20)24-4)12(2)15(14)19(22)23/h6-11H,1-5H3/b7-6-,11-8-. The monoisotopic (exact) mass is 379 g/mol. The maximum absolute atomic E-state index is 12.3. The molecule has 7 nitrogen and oxygen atoms in total. The number of nitro benzene ring substituents is 1. The first-order valence-corrected chi connectivity index (χ1v) is 8.47. The molecule has 0 aliphatic heterocycles. The fourth-order valence-corrected chi connectivity index (χ4v) is 3.47. The molecule has 8 heteroatoms. The Labute approximate surface area is 156 Å². The third kappa shape index (κ3) is 4.72. The summed E-state index contributed by atoms with van der Waals surface area (Å²) in [7, 11) is 2.46. The van der Waals surface area contributed by atoms with Gasteiger partial charge < -0.3 is 9.47 Å². The fraction of sp³-hybridized carbons (Fsp3) is 0.333. The Kier molecular flexibility index (Phi) is 7.57. The highest BCUT2D eigenvalue weighted by molar-refractivity contribution is 8.01. The van der Waals surface area contributed by atoms with E-state index >= 15 is 0 Å². The number of nitrogens with zero attached hydrogens (tertiary/aromatic N) is 1. The molecule has 0 N–H and O–H groups in total. The van der Waals surface area contributed by atoms with Crippen LogP contribution < -0.4 is 0 Å². The number of carbonyl (C=O) groups excluding carboxylic acids is 2. The van der Waals surface area contributed by atoms with Gasteiger partial charge in [0.1, 0.15) is 4.75 Å². The Hall–Kier alpha value is -2.61. The van der Waals surface area contributed by atoms with Crippen molar-refractivity contribution in [2.45, 2.75) is 30.4 Å². The van der Waals surface area contributed by atoms with Crippen LogP contribution in [0.15, 0.2) is 41.3 Å². The lowest BCUT2D eigenvalue weighted by Gasteiger charge is -2.22. The van der Waals surface area contributed by atoms with Crippen molar-refractivity contribution in [1.82, 2.24) is 0 Å². The predicted molar refractivity (Wildman–Crippen MR) is 99.4 cm³/mol. The SMILES string of the molecule is C/C=C\C=C/C(C)(Sc1ccc(C(=O)OC)c(C)c1[N+](=O)[O-])C(=O)OC. The number of ether oxygens (including phenoxy) is 2. The number of nitro groups is 1. The molecule has 1 atom stereocenters. The average Bonchev–Trinajstić information content (AvgIpc) is 2.60. The Morgan fingerprint density at radius 2 is 1.88 bits per heavy atom. The van der Waals surface area contributed by atoms with Crippen molar-refractivity contribution in [2.24, 2.45) is 0 Å². The number of esters is 2. The number of rotatable bonds is 7. The van der Waals surface area contributed by atoms with Gasteiger partial charge in [-0.05, 0) is 32.9 Å². The molecule has 1 rings (SSSR count). The van der Waals surface area contributed by atoms with E-state index in [4.69, 9.17) is 4.74 Å². The Morgan fingerprint density at radius 3 is 2.38 bits per heavy atom. The second-order valence-electron chi connectivity index (χ2n) is 5.42. The number of methoxy groups -OCH3 is 2. The molecule has 0 heterocycles. The molecule has 26 heavy (non-hydrogen) atoms. The highest BCUT2D eigenvalue weighted by Crippen LogP contribution is 2.42. The van der Waals surface area contributed by atoms with Gasteiger partial charge >= 0.3 is 11.9 Å². The Balaban J connectivity index is 3.48. The first-order valence-electron chi connectivity index (χ1n) is 7.66. The van der Waals surface area contributed by atoms with Crippen molar-refractivity contribution in [2.75, 3.05) is 14.2 Å². The minimum atomic E-state index is -1.18. The summed E-state index contributed by atoms with van der Waals surface area (Å²) in [6, 6.07) is 2.89. The van der Waals surface area contributed by atoms with Crippen LogP contribution in [0.25, 0.3) is 0 Å². The zero-order valence-corrected chi connectivity index (χ0v) is 16.1. The van der Waals surface area contributed by atoms with Crippen molar-refractivity contribution < 1.29 is 24.0 Å². The van der Waals surface area contributed by atoms with Crippen LogP contribution in [0, 0.1) is 17.0 Å². The van der Waals surface area contributed by atoms with E-state index in [1.807, 2.05) is 6.92 Å². The topological polar surface area (TPSA) is 95.7 Å². The van der Waals surface area contributed by atoms with E-state index in [-0.39, 0.29) is 21.7 Å². The number of thioether (sulfide) groups is 1. The average molecular weight is 379 g/mol. The fourth-order valence-electron chi connectivity index (χ4n) is 2.24. The first kappa shape index (κ1) is 21.4. The number of allylic oxidation sites excluding steroid dienone is 3. The molecule has 0 saturated heterocycles. The van der Waals surface area contributed by atoms with Gasteiger partial charge in [0.15, 0.2) is 0 Å². The highest BCUT2D eigenvalue weighted by atomic mass is 32.2. The van der Waals surface area contributed by atoms with Crippen molar-refractivity contribution in [3.8, 4) is 0 Å². The van der Waals surface area contributed by atoms with Crippen molar-refractivity contribution in [3.63, 3.8) is 0 Å². The minimum Gasteiger partial charge on any atom is -0.468 e. The molecule has 0 aliphatic carbocycles. The van der Waals surface area contributed by atoms with E-state index in [1.54, 1.807) is 31.2 Å². The van der Waals surface area contributed by atoms with Gasteiger partial charge in [-0.1, -0.05) is 36.1 Å². The Bertz CT molecular complexity index is 771. The summed E-state index contributed by atoms with van der Waals surface area (Å²) in [6.07, 6.45) is 6.81. The molecule has 1 unspecified atom stereocenters. The third-order valence-corrected chi connectivity index (χ3v) is 4.89. The summed E-state index contributed by atoms with van der Waals surface area (Å²) in [6.45, 7) is 4.91. The third-order valence-electron chi connectivity index (χ3n) is 3.61. The van der Waals surface area contributed by atoms with Gasteiger partial charge in [0, 0.05) is 5.56 Å². The van der Waals surface area contributed by atoms with Gasteiger partial charge in [0.25, 0.3) is 5.69 Å². The van der Waals surface area contributed by atoms with Gasteiger partial charge in [-0.3, -0.25) is 14.9 Å². The summed E-state index contributed by atoms with van der Waals surface area (Å²) in [5.41, 5.74) is 0.0386. The smallest absolute Gasteiger partial charge is 0.338 e. The minimum absolute atomic E-state index is 0.104. The maximum Gasteiger partial charge on any atom is 0.338 e. The summed E-state index contributed by atoms with van der Waals surface area (Å²) in [5, 5.41) is 11.6. The van der Waals surface area contributed by atoms with Crippen LogP contribution >= 0.6 is 11.8 Å². The molecule has 0 bridgehead atoms. The lowest BCUT2D eigenvalue weighted by molar-refractivity contribution is -0.388. The van der Waals surface area contributed by atoms with Crippen LogP contribution in [0.4, 0.5) is 5.69 Å². The number of hydrogen-bond donors (Lipinski definition) is 0. The summed E-state index contributed by atoms with van der Waals surface area (Å²) in [5.74, 6) is -1.21. The molecule has 140 valence electrons. The molecule has 1 aromatic carbocycles. The van der Waals surface area contributed by atoms with Crippen LogP contribution in [-0.2, 0) is 14.3 Å². The summed E-state index contributed by atoms with van der Waals surface area (Å²) < 4.78 is 8.32. The number of carbonyl (C=O) groups is 2. The lowest BCUT2D eigenvalue weighted by atomic mass is 10.1. The lowest BCUT2D eigenvalue weighted by Crippen LogP contribution is -2.30. The van der Waals surface area contributed by atoms with Gasteiger partial charge in [0.2, 0.25) is 0 Å². The van der Waals surface area contributed by atoms with Gasteiger partial charge in [-0.25, -0.2) is 4.79 Å². The van der Waals surface area contributed by atoms with Crippen LogP contribution in [0.2, 0.25) is 0 Å². The number of benzene rings is 1. The van der Waals surface area contributed by atoms with Crippen molar-refractivity contribution in [3.05, 3.63) is 57.7 Å². The maximum atomic E-state index is 12.3. The summed E-state index contributed by atoms with van der Waals surface area (Å²) >= 11 is 0.982. The first-order chi connectivity index (χ1) is 12.2. The molecule has 0 fully saturated rings. The molecule has 0 radical (unpaired) electrons. The largest absolute Gasteiger partial charge is 0.468 e. The van der Waals surface area contributed by atoms with Crippen molar-refractivity contribution >= 4 is 29.4 Å². The van der Waals surface area contributed by atoms with Gasteiger partial charge in [0.05, 0.1) is 29.6 Å². The van der Waals surface area contributed by atoms with E-state index in [0.717, 1.165) is 11.8 Å². The molecular formula is C18H21NO6S. The van der Waals surface area contributed by atoms with Crippen molar-refractivity contribution in [1.29, 1.82) is 0 Å². The molecule has 0 aromatic heterocycles. The highest BCUT2D eigenvalue weighted by Gasteiger charge is 2.36. The van der Waals surface area contributed by atoms with E-state index < -0.39 is 21.6 Å². The van der Waals surface area contributed by atoms with E-state index in [2.05, 4.69) is 4.74 Å². The van der Waals surface area contributed by atoms with Gasteiger partial charge in [-0.15, -0.1) is 0 Å². The van der Waals surface area contributed by atoms with E-state index in [9.17, 15) is 19.7 Å². The van der Waals surface area contributed by atoms with Crippen LogP contribution in [0.1, 0.15) is 29.8 Å². The predicted octanol–water partition coefficient (Wildman–Crippen LogP) is 3.85. The zero-order valence-electron chi connectivity index (χ0n) is 15.3. The van der Waals surface area contributed by atoms with Crippen LogP contribution in [-0.4, -0.2) is 35.8 Å². The molecular weight excluding hydrogens is 358 g/mol. The van der Waals surface area contributed by atoms with Gasteiger partial charge in [-0.2, -0.15) is 0 Å². The Morgan fingerprint density at radius 1 is 1.23 bits per heavy atom. The molecule has 0 aliphatic rings. The molecule has 1 aromatic rings. The van der Waals surface area contributed by atoms with E-state index in [1.165, 1.54) is 33.3 Å². The normalized spacial score (nSPS) is 13.6. The zero-order chi connectivity index (χ0) is 19.9. The van der Waals surface area contributed by atoms with E-state index in [0.29, 0.717) is 0 Å². The van der Waals surface area contributed by atoms with Crippen LogP contribution in [0.3, 0.4) is 0 Å². The summed E-state index contributed by atoms with van der Waals surface area (Å²) in [4.78, 5) is 35.3. The molecule has 0 amide bonds. The number of hydrogen-bond acceptors (Lipinski definition) is 7. The molecule has 0 spiro atoms.